The molecule has 0 unspecified atom stereocenters. The molecule has 1 aliphatic rings. The molecule has 0 bridgehead atoms. The van der Waals surface area contributed by atoms with Crippen molar-refractivity contribution in [2.24, 2.45) is 0 Å². The molecule has 1 aromatic carbocycles. The number of rotatable bonds is 6. The lowest BCUT2D eigenvalue weighted by atomic mass is 10.0. The van der Waals surface area contributed by atoms with Crippen molar-refractivity contribution in [3.8, 4) is 0 Å². The molecule has 1 aromatic heterocycles. The predicted octanol–water partition coefficient (Wildman–Crippen LogP) is 2.61. The van der Waals surface area contributed by atoms with Crippen LogP contribution in [-0.4, -0.2) is 40.7 Å². The number of carboxylic acids is 1. The van der Waals surface area contributed by atoms with Crippen molar-refractivity contribution in [2.75, 3.05) is 6.61 Å². The number of hydrogen-bond donors (Lipinski definition) is 3. The molecule has 128 valence electrons. The van der Waals surface area contributed by atoms with Crippen LogP contribution in [0.2, 0.25) is 0 Å². The van der Waals surface area contributed by atoms with Crippen LogP contribution in [0.3, 0.4) is 0 Å². The molecule has 0 saturated carbocycles. The average Bonchev–Trinajstić information content (AvgIpc) is 3.16. The average molecular weight is 395 g/mol. The molecule has 1 aliphatic heterocycles. The molecule has 2 aromatic rings. The predicted molar refractivity (Wildman–Crippen MR) is 92.9 cm³/mol. The summed E-state index contributed by atoms with van der Waals surface area (Å²) in [6.07, 6.45) is 3.93. The first-order chi connectivity index (χ1) is 11.5. The number of fused-ring (bicyclic) bond motifs is 1. The third-order valence-corrected chi connectivity index (χ3v) is 4.72. The summed E-state index contributed by atoms with van der Waals surface area (Å²) in [5.74, 6) is -1.32. The van der Waals surface area contributed by atoms with E-state index in [0.717, 1.165) is 33.8 Å². The molecule has 3 rings (SSSR count). The van der Waals surface area contributed by atoms with Crippen molar-refractivity contribution in [1.82, 2.24) is 10.3 Å². The molecular weight excluding hydrogens is 376 g/mol. The SMILES string of the molecule is O=C(C[C@H]1CCCO1)N[C@@H](Cc1c[nH]c2ccc(Br)cc12)C(=O)O. The molecule has 0 spiro atoms. The van der Waals surface area contributed by atoms with Gasteiger partial charge >= 0.3 is 5.97 Å². The van der Waals surface area contributed by atoms with Gasteiger partial charge < -0.3 is 20.1 Å². The van der Waals surface area contributed by atoms with Gasteiger partial charge in [0.2, 0.25) is 5.91 Å². The lowest BCUT2D eigenvalue weighted by molar-refractivity contribution is -0.142. The molecule has 7 heteroatoms. The Morgan fingerprint density at radius 2 is 2.29 bits per heavy atom. The molecular formula is C17H19BrN2O4. The Balaban J connectivity index is 1.69. The van der Waals surface area contributed by atoms with E-state index < -0.39 is 12.0 Å². The van der Waals surface area contributed by atoms with E-state index in [-0.39, 0.29) is 24.9 Å². The van der Waals surface area contributed by atoms with E-state index in [0.29, 0.717) is 6.61 Å². The Kier molecular flexibility index (Phi) is 5.20. The first kappa shape index (κ1) is 17.0. The fraction of sp³-hybridized carbons (Fsp3) is 0.412. The number of aromatic nitrogens is 1. The van der Waals surface area contributed by atoms with Gasteiger partial charge in [0.25, 0.3) is 0 Å². The third-order valence-electron chi connectivity index (χ3n) is 4.22. The monoisotopic (exact) mass is 394 g/mol. The van der Waals surface area contributed by atoms with Crippen molar-refractivity contribution in [2.45, 2.75) is 37.8 Å². The maximum atomic E-state index is 12.1. The lowest BCUT2D eigenvalue weighted by Gasteiger charge is -2.16. The summed E-state index contributed by atoms with van der Waals surface area (Å²) in [5.41, 5.74) is 1.79. The molecule has 1 saturated heterocycles. The number of aromatic amines is 1. The number of carbonyl (C=O) groups is 2. The number of hydrogen-bond acceptors (Lipinski definition) is 3. The van der Waals surface area contributed by atoms with Gasteiger partial charge in [0.1, 0.15) is 6.04 Å². The summed E-state index contributed by atoms with van der Waals surface area (Å²) in [5, 5.41) is 13.0. The molecule has 1 fully saturated rings. The summed E-state index contributed by atoms with van der Waals surface area (Å²) in [6.45, 7) is 0.671. The number of carboxylic acid groups (broad SMARTS) is 1. The second-order valence-electron chi connectivity index (χ2n) is 6.01. The van der Waals surface area contributed by atoms with Crippen LogP contribution >= 0.6 is 15.9 Å². The van der Waals surface area contributed by atoms with Crippen molar-refractivity contribution < 1.29 is 19.4 Å². The van der Waals surface area contributed by atoms with Crippen molar-refractivity contribution >= 4 is 38.7 Å². The maximum Gasteiger partial charge on any atom is 0.326 e. The van der Waals surface area contributed by atoms with E-state index in [4.69, 9.17) is 4.74 Å². The number of H-pyrrole nitrogens is 1. The molecule has 2 atom stereocenters. The normalized spacial score (nSPS) is 18.6. The molecule has 0 radical (unpaired) electrons. The highest BCUT2D eigenvalue weighted by Crippen LogP contribution is 2.24. The number of nitrogens with one attached hydrogen (secondary N) is 2. The van der Waals surface area contributed by atoms with Crippen LogP contribution in [0.25, 0.3) is 10.9 Å². The Hall–Kier alpha value is -1.86. The minimum atomic E-state index is -1.04. The van der Waals surface area contributed by atoms with Crippen molar-refractivity contribution in [3.63, 3.8) is 0 Å². The Labute approximate surface area is 147 Å². The van der Waals surface area contributed by atoms with Crippen LogP contribution in [0.15, 0.2) is 28.9 Å². The maximum absolute atomic E-state index is 12.1. The number of amides is 1. The summed E-state index contributed by atoms with van der Waals surface area (Å²) >= 11 is 3.42. The fourth-order valence-electron chi connectivity index (χ4n) is 3.00. The van der Waals surface area contributed by atoms with Gasteiger partial charge in [-0.2, -0.15) is 0 Å². The van der Waals surface area contributed by atoms with E-state index in [1.54, 1.807) is 6.20 Å². The van der Waals surface area contributed by atoms with Crippen LogP contribution in [0.4, 0.5) is 0 Å². The largest absolute Gasteiger partial charge is 0.480 e. The van der Waals surface area contributed by atoms with Gasteiger partial charge in [-0.05, 0) is 36.6 Å². The summed E-state index contributed by atoms with van der Waals surface area (Å²) < 4.78 is 6.35. The first-order valence-corrected chi connectivity index (χ1v) is 8.71. The Morgan fingerprint density at radius 3 is 3.00 bits per heavy atom. The highest BCUT2D eigenvalue weighted by Gasteiger charge is 2.25. The molecule has 2 heterocycles. The fourth-order valence-corrected chi connectivity index (χ4v) is 3.37. The van der Waals surface area contributed by atoms with Crippen molar-refractivity contribution in [1.29, 1.82) is 0 Å². The van der Waals surface area contributed by atoms with E-state index in [9.17, 15) is 14.7 Å². The van der Waals surface area contributed by atoms with E-state index in [2.05, 4.69) is 26.2 Å². The third kappa shape index (κ3) is 3.96. The number of aliphatic carboxylic acids is 1. The zero-order chi connectivity index (χ0) is 17.1. The summed E-state index contributed by atoms with van der Waals surface area (Å²) in [6, 6.07) is 4.82. The second-order valence-corrected chi connectivity index (χ2v) is 6.92. The van der Waals surface area contributed by atoms with E-state index in [1.165, 1.54) is 0 Å². The Bertz CT molecular complexity index is 752. The van der Waals surface area contributed by atoms with Gasteiger partial charge in [-0.1, -0.05) is 15.9 Å². The number of benzene rings is 1. The van der Waals surface area contributed by atoms with Gasteiger partial charge in [-0.3, -0.25) is 4.79 Å². The van der Waals surface area contributed by atoms with Crippen LogP contribution < -0.4 is 5.32 Å². The first-order valence-electron chi connectivity index (χ1n) is 7.92. The number of carbonyl (C=O) groups excluding carboxylic acids is 1. The second kappa shape index (κ2) is 7.36. The topological polar surface area (TPSA) is 91.4 Å². The quantitative estimate of drug-likeness (QED) is 0.701. The highest BCUT2D eigenvalue weighted by molar-refractivity contribution is 9.10. The minimum absolute atomic E-state index is 0.0940. The van der Waals surface area contributed by atoms with Crippen LogP contribution in [0.1, 0.15) is 24.8 Å². The minimum Gasteiger partial charge on any atom is -0.480 e. The van der Waals surface area contributed by atoms with Gasteiger partial charge in [0, 0.05) is 34.6 Å². The van der Waals surface area contributed by atoms with Gasteiger partial charge in [-0.25, -0.2) is 4.79 Å². The molecule has 1 amide bonds. The summed E-state index contributed by atoms with van der Waals surface area (Å²) in [4.78, 5) is 26.8. The van der Waals surface area contributed by atoms with Gasteiger partial charge in [-0.15, -0.1) is 0 Å². The van der Waals surface area contributed by atoms with Crippen LogP contribution in [0.5, 0.6) is 0 Å². The molecule has 3 N–H and O–H groups in total. The lowest BCUT2D eigenvalue weighted by Crippen LogP contribution is -2.43. The highest BCUT2D eigenvalue weighted by atomic mass is 79.9. The van der Waals surface area contributed by atoms with E-state index >= 15 is 0 Å². The molecule has 0 aliphatic carbocycles. The molecule has 24 heavy (non-hydrogen) atoms. The van der Waals surface area contributed by atoms with Gasteiger partial charge in [0.15, 0.2) is 0 Å². The number of halogens is 1. The number of ether oxygens (including phenoxy) is 1. The zero-order valence-corrected chi connectivity index (χ0v) is 14.6. The summed E-state index contributed by atoms with van der Waals surface area (Å²) in [7, 11) is 0. The zero-order valence-electron chi connectivity index (χ0n) is 13.0. The van der Waals surface area contributed by atoms with Crippen LogP contribution in [0, 0.1) is 0 Å². The smallest absolute Gasteiger partial charge is 0.326 e. The van der Waals surface area contributed by atoms with Gasteiger partial charge in [0.05, 0.1) is 12.5 Å². The van der Waals surface area contributed by atoms with E-state index in [1.807, 2.05) is 18.2 Å². The van der Waals surface area contributed by atoms with Crippen molar-refractivity contribution in [3.05, 3.63) is 34.4 Å². The molecule has 6 nitrogen and oxygen atoms in total. The standard InChI is InChI=1S/C17H19BrN2O4/c18-11-3-4-14-13(7-11)10(9-19-14)6-15(17(22)23)20-16(21)8-12-2-1-5-24-12/h3-4,7,9,12,15,19H,1-2,5-6,8H2,(H,20,21)(H,22,23)/t12-,15+/m1/s1. The van der Waals surface area contributed by atoms with Crippen LogP contribution in [-0.2, 0) is 20.7 Å². The Morgan fingerprint density at radius 1 is 1.46 bits per heavy atom.